The van der Waals surface area contributed by atoms with E-state index in [-0.39, 0.29) is 5.91 Å². The molecule has 4 heteroatoms. The fraction of sp³-hybridized carbons (Fsp3) is 0.200. The molecule has 14 heavy (non-hydrogen) atoms. The summed E-state index contributed by atoms with van der Waals surface area (Å²) < 4.78 is 0. The maximum Gasteiger partial charge on any atom is 0.226 e. The van der Waals surface area contributed by atoms with E-state index >= 15 is 0 Å². The summed E-state index contributed by atoms with van der Waals surface area (Å²) in [6, 6.07) is 3.22. The van der Waals surface area contributed by atoms with Gasteiger partial charge >= 0.3 is 0 Å². The number of nitrogens with zero attached hydrogens (tertiary/aromatic N) is 1. The van der Waals surface area contributed by atoms with E-state index < -0.39 is 0 Å². The zero-order chi connectivity index (χ0) is 10.4. The standard InChI is InChI=1S/C10H9ClN2O/c1-2-3-4-10(14)13-9-7-8(11)5-6-12-9/h1,5-7H,3-4H2,(H,12,13,14). The number of terminal acetylenes is 1. The minimum absolute atomic E-state index is 0.155. The Balaban J connectivity index is 2.53. The van der Waals surface area contributed by atoms with E-state index in [1.54, 1.807) is 12.1 Å². The molecule has 1 aromatic rings. The first-order chi connectivity index (χ1) is 6.72. The molecule has 1 heterocycles. The van der Waals surface area contributed by atoms with Gasteiger partial charge in [-0.25, -0.2) is 4.98 Å². The van der Waals surface area contributed by atoms with E-state index in [1.165, 1.54) is 6.20 Å². The molecule has 1 aromatic heterocycles. The molecule has 72 valence electrons. The highest BCUT2D eigenvalue weighted by molar-refractivity contribution is 6.30. The Morgan fingerprint density at radius 1 is 1.71 bits per heavy atom. The van der Waals surface area contributed by atoms with Gasteiger partial charge in [0.1, 0.15) is 5.82 Å². The first kappa shape index (κ1) is 10.6. The summed E-state index contributed by atoms with van der Waals surface area (Å²) in [5, 5.41) is 3.12. The molecular formula is C10H9ClN2O. The van der Waals surface area contributed by atoms with Crippen LogP contribution in [0.1, 0.15) is 12.8 Å². The third kappa shape index (κ3) is 3.46. The number of pyridine rings is 1. The average molecular weight is 209 g/mol. The molecule has 0 aliphatic heterocycles. The number of hydrogen-bond donors (Lipinski definition) is 1. The number of rotatable bonds is 3. The molecule has 0 saturated carbocycles. The molecule has 0 bridgehead atoms. The number of amides is 1. The normalized spacial score (nSPS) is 9.14. The molecule has 0 unspecified atom stereocenters. The molecule has 0 fully saturated rings. The highest BCUT2D eigenvalue weighted by Gasteiger charge is 2.01. The van der Waals surface area contributed by atoms with Gasteiger partial charge in [0, 0.05) is 24.1 Å². The summed E-state index contributed by atoms with van der Waals surface area (Å²) in [7, 11) is 0. The lowest BCUT2D eigenvalue weighted by atomic mass is 10.3. The maximum absolute atomic E-state index is 11.2. The van der Waals surface area contributed by atoms with Crippen molar-refractivity contribution in [2.24, 2.45) is 0 Å². The summed E-state index contributed by atoms with van der Waals surface area (Å²) in [5.74, 6) is 2.68. The Labute approximate surface area is 87.5 Å². The Bertz CT molecular complexity index is 371. The van der Waals surface area contributed by atoms with Crippen molar-refractivity contribution < 1.29 is 4.79 Å². The van der Waals surface area contributed by atoms with Crippen LogP contribution in [0.15, 0.2) is 18.3 Å². The number of halogens is 1. The van der Waals surface area contributed by atoms with Crippen LogP contribution >= 0.6 is 11.6 Å². The second-order valence-electron chi connectivity index (χ2n) is 2.61. The number of anilines is 1. The van der Waals surface area contributed by atoms with Gasteiger partial charge in [0.05, 0.1) is 0 Å². The summed E-state index contributed by atoms with van der Waals surface area (Å²) in [4.78, 5) is 15.1. The van der Waals surface area contributed by atoms with Gasteiger partial charge in [-0.3, -0.25) is 4.79 Å². The van der Waals surface area contributed by atoms with Crippen LogP contribution in [-0.4, -0.2) is 10.9 Å². The van der Waals surface area contributed by atoms with Crippen LogP contribution < -0.4 is 5.32 Å². The molecule has 0 spiro atoms. The highest BCUT2D eigenvalue weighted by atomic mass is 35.5. The van der Waals surface area contributed by atoms with Crippen LogP contribution in [0.5, 0.6) is 0 Å². The van der Waals surface area contributed by atoms with E-state index in [0.29, 0.717) is 23.7 Å². The monoisotopic (exact) mass is 208 g/mol. The van der Waals surface area contributed by atoms with Gasteiger partial charge in [0.15, 0.2) is 0 Å². The second kappa shape index (κ2) is 5.25. The van der Waals surface area contributed by atoms with Crippen molar-refractivity contribution in [3.8, 4) is 12.3 Å². The lowest BCUT2D eigenvalue weighted by Gasteiger charge is -2.02. The minimum atomic E-state index is -0.155. The van der Waals surface area contributed by atoms with Crippen molar-refractivity contribution in [3.63, 3.8) is 0 Å². The summed E-state index contributed by atoms with van der Waals surface area (Å²) in [6.07, 6.45) is 7.27. The van der Waals surface area contributed by atoms with Crippen LogP contribution in [0.4, 0.5) is 5.82 Å². The van der Waals surface area contributed by atoms with Crippen LogP contribution in [-0.2, 0) is 4.79 Å². The molecule has 0 atom stereocenters. The zero-order valence-corrected chi connectivity index (χ0v) is 8.21. The van der Waals surface area contributed by atoms with Crippen molar-refractivity contribution in [2.45, 2.75) is 12.8 Å². The van der Waals surface area contributed by atoms with E-state index in [1.807, 2.05) is 0 Å². The largest absolute Gasteiger partial charge is 0.311 e. The Morgan fingerprint density at radius 3 is 3.14 bits per heavy atom. The van der Waals surface area contributed by atoms with Gasteiger partial charge in [-0.05, 0) is 12.1 Å². The van der Waals surface area contributed by atoms with Crippen molar-refractivity contribution in [2.75, 3.05) is 5.32 Å². The third-order valence-electron chi connectivity index (χ3n) is 1.49. The summed E-state index contributed by atoms with van der Waals surface area (Å²) in [5.41, 5.74) is 0. The van der Waals surface area contributed by atoms with E-state index in [9.17, 15) is 4.79 Å². The second-order valence-corrected chi connectivity index (χ2v) is 3.05. The van der Waals surface area contributed by atoms with Crippen LogP contribution in [0.2, 0.25) is 5.02 Å². The van der Waals surface area contributed by atoms with Gasteiger partial charge in [-0.15, -0.1) is 12.3 Å². The smallest absolute Gasteiger partial charge is 0.226 e. The highest BCUT2D eigenvalue weighted by Crippen LogP contribution is 2.11. The first-order valence-corrected chi connectivity index (χ1v) is 4.45. The van der Waals surface area contributed by atoms with Crippen LogP contribution in [0.3, 0.4) is 0 Å². The van der Waals surface area contributed by atoms with Crippen molar-refractivity contribution in [1.82, 2.24) is 4.98 Å². The number of aromatic nitrogens is 1. The van der Waals surface area contributed by atoms with E-state index in [4.69, 9.17) is 18.0 Å². The molecule has 0 radical (unpaired) electrons. The minimum Gasteiger partial charge on any atom is -0.311 e. The SMILES string of the molecule is C#CCCC(=O)Nc1cc(Cl)ccn1. The number of carbonyl (C=O) groups excluding carboxylic acids is 1. The number of hydrogen-bond acceptors (Lipinski definition) is 2. The molecule has 1 amide bonds. The van der Waals surface area contributed by atoms with E-state index in [0.717, 1.165) is 0 Å². The molecule has 3 nitrogen and oxygen atoms in total. The molecule has 1 N–H and O–H groups in total. The lowest BCUT2D eigenvalue weighted by molar-refractivity contribution is -0.116. The van der Waals surface area contributed by atoms with Gasteiger partial charge in [-0.1, -0.05) is 11.6 Å². The third-order valence-corrected chi connectivity index (χ3v) is 1.72. The Morgan fingerprint density at radius 2 is 2.50 bits per heavy atom. The molecule has 0 aliphatic carbocycles. The van der Waals surface area contributed by atoms with Gasteiger partial charge < -0.3 is 5.32 Å². The quantitative estimate of drug-likeness (QED) is 0.773. The van der Waals surface area contributed by atoms with Crippen molar-refractivity contribution >= 4 is 23.3 Å². The summed E-state index contributed by atoms with van der Waals surface area (Å²) in [6.45, 7) is 0. The lowest BCUT2D eigenvalue weighted by Crippen LogP contribution is -2.11. The zero-order valence-electron chi connectivity index (χ0n) is 7.46. The number of nitrogens with one attached hydrogen (secondary N) is 1. The average Bonchev–Trinajstić information content (AvgIpc) is 2.15. The fourth-order valence-corrected chi connectivity index (χ4v) is 1.02. The number of carbonyl (C=O) groups is 1. The van der Waals surface area contributed by atoms with Crippen LogP contribution in [0.25, 0.3) is 0 Å². The van der Waals surface area contributed by atoms with Gasteiger partial charge in [-0.2, -0.15) is 0 Å². The van der Waals surface area contributed by atoms with Gasteiger partial charge in [0.25, 0.3) is 0 Å². The van der Waals surface area contributed by atoms with E-state index in [2.05, 4.69) is 16.2 Å². The van der Waals surface area contributed by atoms with Crippen molar-refractivity contribution in [3.05, 3.63) is 23.4 Å². The predicted molar refractivity (Wildman–Crippen MR) is 55.9 cm³/mol. The summed E-state index contributed by atoms with van der Waals surface area (Å²) >= 11 is 5.71. The topological polar surface area (TPSA) is 42.0 Å². The first-order valence-electron chi connectivity index (χ1n) is 4.07. The molecule has 0 aromatic carbocycles. The molecular weight excluding hydrogens is 200 g/mol. The molecule has 0 saturated heterocycles. The Hall–Kier alpha value is -1.53. The van der Waals surface area contributed by atoms with Crippen LogP contribution in [0, 0.1) is 12.3 Å². The van der Waals surface area contributed by atoms with Gasteiger partial charge in [0.2, 0.25) is 5.91 Å². The maximum atomic E-state index is 11.2. The fourth-order valence-electron chi connectivity index (χ4n) is 0.864. The predicted octanol–water partition coefficient (Wildman–Crippen LogP) is 2.09. The molecule has 1 rings (SSSR count). The van der Waals surface area contributed by atoms with Crippen molar-refractivity contribution in [1.29, 1.82) is 0 Å². The Kier molecular flexibility index (Phi) is 3.96. The molecule has 0 aliphatic rings.